The molecule has 1 heterocycles. The first kappa shape index (κ1) is 15.1. The van der Waals surface area contributed by atoms with Gasteiger partial charge < -0.3 is 11.1 Å². The molecule has 1 aromatic heterocycles. The number of amides is 1. The van der Waals surface area contributed by atoms with E-state index >= 15 is 0 Å². The van der Waals surface area contributed by atoms with Gasteiger partial charge in [-0.2, -0.15) is 0 Å². The molecule has 18 heavy (non-hydrogen) atoms. The average molecular weight is 269 g/mol. The molecule has 0 radical (unpaired) electrons. The Kier molecular flexibility index (Phi) is 6.29. The number of nitrogens with zero attached hydrogens (tertiary/aromatic N) is 1. The van der Waals surface area contributed by atoms with Gasteiger partial charge in [-0.15, -0.1) is 11.3 Å². The fourth-order valence-electron chi connectivity index (χ4n) is 1.57. The van der Waals surface area contributed by atoms with E-state index < -0.39 is 6.04 Å². The highest BCUT2D eigenvalue weighted by molar-refractivity contribution is 7.09. The largest absolute Gasteiger partial charge is 0.354 e. The van der Waals surface area contributed by atoms with Crippen molar-refractivity contribution in [3.63, 3.8) is 0 Å². The Morgan fingerprint density at radius 2 is 2.28 bits per heavy atom. The number of nitrogens with one attached hydrogen (secondary N) is 1. The van der Waals surface area contributed by atoms with Crippen molar-refractivity contribution in [3.8, 4) is 0 Å². The number of hydrogen-bond donors (Lipinski definition) is 2. The van der Waals surface area contributed by atoms with Crippen LogP contribution in [0.5, 0.6) is 0 Å². The van der Waals surface area contributed by atoms with Crippen LogP contribution in [0.15, 0.2) is 5.38 Å². The van der Waals surface area contributed by atoms with Crippen LogP contribution in [0.3, 0.4) is 0 Å². The van der Waals surface area contributed by atoms with Crippen LogP contribution >= 0.6 is 11.3 Å². The summed E-state index contributed by atoms with van der Waals surface area (Å²) in [6.45, 7) is 6.74. The minimum Gasteiger partial charge on any atom is -0.354 e. The Morgan fingerprint density at radius 1 is 1.56 bits per heavy atom. The molecular formula is C13H23N3OS. The van der Waals surface area contributed by atoms with E-state index in [0.717, 1.165) is 30.0 Å². The molecule has 5 heteroatoms. The number of carbonyl (C=O) groups is 1. The van der Waals surface area contributed by atoms with Gasteiger partial charge in [0.25, 0.3) is 0 Å². The van der Waals surface area contributed by atoms with Gasteiger partial charge in [0.1, 0.15) is 0 Å². The lowest BCUT2D eigenvalue weighted by Gasteiger charge is -2.17. The zero-order valence-corrected chi connectivity index (χ0v) is 12.2. The standard InChI is InChI=1S/C13H23N3OS/c1-4-9(3)12(14)13(17)15-7-6-10-8-18-11(5-2)16-10/h8-9,12H,4-7,14H2,1-3H3,(H,15,17). The highest BCUT2D eigenvalue weighted by atomic mass is 32.1. The highest BCUT2D eigenvalue weighted by Gasteiger charge is 2.18. The third-order valence-corrected chi connectivity index (χ3v) is 4.18. The second kappa shape index (κ2) is 7.48. The zero-order valence-electron chi connectivity index (χ0n) is 11.4. The van der Waals surface area contributed by atoms with Gasteiger partial charge in [-0.05, 0) is 12.3 Å². The molecule has 102 valence electrons. The van der Waals surface area contributed by atoms with Gasteiger partial charge in [0, 0.05) is 18.3 Å². The quantitative estimate of drug-likeness (QED) is 0.792. The molecule has 0 aliphatic rings. The molecular weight excluding hydrogens is 246 g/mol. The number of thiazole rings is 1. The maximum atomic E-state index is 11.7. The predicted octanol–water partition coefficient (Wildman–Crippen LogP) is 1.74. The molecule has 1 aromatic rings. The van der Waals surface area contributed by atoms with E-state index in [2.05, 4.69) is 22.6 Å². The molecule has 0 aromatic carbocycles. The number of aromatic nitrogens is 1. The molecule has 0 bridgehead atoms. The van der Waals surface area contributed by atoms with Crippen molar-refractivity contribution in [2.45, 2.75) is 46.1 Å². The molecule has 0 spiro atoms. The van der Waals surface area contributed by atoms with Crippen molar-refractivity contribution in [2.24, 2.45) is 11.7 Å². The molecule has 2 unspecified atom stereocenters. The number of hydrogen-bond acceptors (Lipinski definition) is 4. The molecule has 0 saturated carbocycles. The Balaban J connectivity index is 2.31. The SMILES string of the molecule is CCc1nc(CCNC(=O)C(N)C(C)CC)cs1. The summed E-state index contributed by atoms with van der Waals surface area (Å²) in [4.78, 5) is 16.2. The van der Waals surface area contributed by atoms with E-state index in [1.807, 2.05) is 13.8 Å². The van der Waals surface area contributed by atoms with E-state index in [-0.39, 0.29) is 11.8 Å². The Morgan fingerprint density at radius 3 is 2.83 bits per heavy atom. The van der Waals surface area contributed by atoms with Gasteiger partial charge in [0.05, 0.1) is 16.7 Å². The molecule has 0 aliphatic carbocycles. The number of rotatable bonds is 7. The lowest BCUT2D eigenvalue weighted by molar-refractivity contribution is -0.123. The smallest absolute Gasteiger partial charge is 0.237 e. The van der Waals surface area contributed by atoms with Crippen molar-refractivity contribution in [2.75, 3.05) is 6.54 Å². The summed E-state index contributed by atoms with van der Waals surface area (Å²) in [5.41, 5.74) is 6.90. The fourth-order valence-corrected chi connectivity index (χ4v) is 2.35. The minimum atomic E-state index is -0.406. The topological polar surface area (TPSA) is 68.0 Å². The van der Waals surface area contributed by atoms with Gasteiger partial charge in [-0.3, -0.25) is 4.79 Å². The Labute approximate surface area is 113 Å². The van der Waals surface area contributed by atoms with Crippen molar-refractivity contribution in [3.05, 3.63) is 16.1 Å². The van der Waals surface area contributed by atoms with Crippen LogP contribution in [0.2, 0.25) is 0 Å². The van der Waals surface area contributed by atoms with Crippen LogP contribution < -0.4 is 11.1 Å². The van der Waals surface area contributed by atoms with E-state index in [0.29, 0.717) is 6.54 Å². The summed E-state index contributed by atoms with van der Waals surface area (Å²) < 4.78 is 0. The summed E-state index contributed by atoms with van der Waals surface area (Å²) in [6, 6.07) is -0.406. The summed E-state index contributed by atoms with van der Waals surface area (Å²) in [5, 5.41) is 6.08. The Bertz CT molecular complexity index is 378. The van der Waals surface area contributed by atoms with Crippen molar-refractivity contribution in [1.29, 1.82) is 0 Å². The summed E-state index contributed by atoms with van der Waals surface area (Å²) in [6.07, 6.45) is 2.66. The van der Waals surface area contributed by atoms with Gasteiger partial charge in [0.15, 0.2) is 0 Å². The maximum absolute atomic E-state index is 11.7. The van der Waals surface area contributed by atoms with E-state index in [1.165, 1.54) is 0 Å². The van der Waals surface area contributed by atoms with Crippen LogP contribution in [-0.2, 0) is 17.6 Å². The molecule has 0 fully saturated rings. The van der Waals surface area contributed by atoms with Crippen molar-refractivity contribution in [1.82, 2.24) is 10.3 Å². The van der Waals surface area contributed by atoms with Crippen LogP contribution in [0.4, 0.5) is 0 Å². The van der Waals surface area contributed by atoms with Crippen molar-refractivity contribution < 1.29 is 4.79 Å². The molecule has 2 atom stereocenters. The first-order valence-corrected chi connectivity index (χ1v) is 7.43. The Hall–Kier alpha value is -0.940. The summed E-state index contributed by atoms with van der Waals surface area (Å²) >= 11 is 1.67. The zero-order chi connectivity index (χ0) is 13.5. The number of nitrogens with two attached hydrogens (primary N) is 1. The average Bonchev–Trinajstić information content (AvgIpc) is 2.84. The van der Waals surface area contributed by atoms with E-state index in [9.17, 15) is 4.79 Å². The van der Waals surface area contributed by atoms with Crippen LogP contribution in [0.1, 0.15) is 37.9 Å². The predicted molar refractivity (Wildman–Crippen MR) is 75.6 cm³/mol. The summed E-state index contributed by atoms with van der Waals surface area (Å²) in [7, 11) is 0. The van der Waals surface area contributed by atoms with Crippen LogP contribution in [0, 0.1) is 5.92 Å². The first-order chi connectivity index (χ1) is 8.58. The molecule has 1 rings (SSSR count). The maximum Gasteiger partial charge on any atom is 0.237 e. The van der Waals surface area contributed by atoms with Gasteiger partial charge in [-0.25, -0.2) is 4.98 Å². The summed E-state index contributed by atoms with van der Waals surface area (Å²) in [5.74, 6) is 0.159. The normalized spacial score (nSPS) is 14.2. The lowest BCUT2D eigenvalue weighted by atomic mass is 9.99. The monoisotopic (exact) mass is 269 g/mol. The van der Waals surface area contributed by atoms with Crippen LogP contribution in [-0.4, -0.2) is 23.5 Å². The van der Waals surface area contributed by atoms with E-state index in [1.54, 1.807) is 11.3 Å². The third kappa shape index (κ3) is 4.38. The van der Waals surface area contributed by atoms with Gasteiger partial charge in [0.2, 0.25) is 5.91 Å². The van der Waals surface area contributed by atoms with Crippen LogP contribution in [0.25, 0.3) is 0 Å². The van der Waals surface area contributed by atoms with Gasteiger partial charge >= 0.3 is 0 Å². The molecule has 4 nitrogen and oxygen atoms in total. The lowest BCUT2D eigenvalue weighted by Crippen LogP contribution is -2.45. The minimum absolute atomic E-state index is 0.0599. The second-order valence-electron chi connectivity index (χ2n) is 4.54. The molecule has 1 amide bonds. The van der Waals surface area contributed by atoms with Crippen molar-refractivity contribution >= 4 is 17.2 Å². The first-order valence-electron chi connectivity index (χ1n) is 6.55. The third-order valence-electron chi connectivity index (χ3n) is 3.14. The highest BCUT2D eigenvalue weighted by Crippen LogP contribution is 2.10. The van der Waals surface area contributed by atoms with Gasteiger partial charge in [-0.1, -0.05) is 27.2 Å². The second-order valence-corrected chi connectivity index (χ2v) is 5.48. The molecule has 3 N–H and O–H groups in total. The molecule has 0 aliphatic heterocycles. The van der Waals surface area contributed by atoms with E-state index in [4.69, 9.17) is 5.73 Å². The number of aryl methyl sites for hydroxylation is 1. The molecule has 0 saturated heterocycles. The number of carbonyl (C=O) groups excluding carboxylic acids is 1. The fraction of sp³-hybridized carbons (Fsp3) is 0.692.